The Kier molecular flexibility index (Phi) is 4.91. The van der Waals surface area contributed by atoms with Crippen molar-refractivity contribution in [1.82, 2.24) is 4.98 Å². The average molecular weight is 365 g/mol. The first-order valence-electron chi connectivity index (χ1n) is 5.25. The molecule has 0 aliphatic heterocycles. The van der Waals surface area contributed by atoms with Crippen LogP contribution >= 0.6 is 50.7 Å². The number of nitrogens with zero attached hydrogens (tertiary/aromatic N) is 1. The van der Waals surface area contributed by atoms with Crippen molar-refractivity contribution in [2.24, 2.45) is 0 Å². The highest BCUT2D eigenvalue weighted by molar-refractivity contribution is 9.10. The van der Waals surface area contributed by atoms with Gasteiger partial charge in [0.05, 0.1) is 10.4 Å². The number of benzene rings is 1. The summed E-state index contributed by atoms with van der Waals surface area (Å²) in [6, 6.07) is 7.45. The molecule has 1 unspecified atom stereocenters. The molecule has 18 heavy (non-hydrogen) atoms. The third-order valence-corrected chi connectivity index (χ3v) is 4.21. The van der Waals surface area contributed by atoms with Gasteiger partial charge in [-0.25, -0.2) is 0 Å². The maximum Gasteiger partial charge on any atom is 0.0637 e. The van der Waals surface area contributed by atoms with Gasteiger partial charge < -0.3 is 0 Å². The van der Waals surface area contributed by atoms with Crippen LogP contribution in [0.5, 0.6) is 0 Å². The molecule has 0 amide bonds. The van der Waals surface area contributed by atoms with Crippen molar-refractivity contribution in [3.63, 3.8) is 0 Å². The molecule has 0 saturated carbocycles. The Morgan fingerprint density at radius 2 is 2.00 bits per heavy atom. The molecule has 0 N–H and O–H groups in total. The largest absolute Gasteiger partial charge is 0.263 e. The first-order chi connectivity index (χ1) is 8.58. The zero-order valence-corrected chi connectivity index (χ0v) is 13.1. The first-order valence-corrected chi connectivity index (χ1v) is 7.24. The van der Waals surface area contributed by atoms with Gasteiger partial charge in [-0.3, -0.25) is 4.98 Å². The fourth-order valence-electron chi connectivity index (χ4n) is 1.63. The summed E-state index contributed by atoms with van der Waals surface area (Å²) in [7, 11) is 0. The van der Waals surface area contributed by atoms with E-state index < -0.39 is 0 Å². The Morgan fingerprint density at radius 3 is 2.67 bits per heavy atom. The zero-order chi connectivity index (χ0) is 13.1. The van der Waals surface area contributed by atoms with Gasteiger partial charge in [0, 0.05) is 21.9 Å². The number of hydrogen-bond acceptors (Lipinski definition) is 1. The lowest BCUT2D eigenvalue weighted by Crippen LogP contribution is -1.98. The van der Waals surface area contributed by atoms with Crippen LogP contribution in [0.1, 0.15) is 16.5 Å². The van der Waals surface area contributed by atoms with E-state index in [1.807, 2.05) is 24.3 Å². The van der Waals surface area contributed by atoms with Crippen LogP contribution < -0.4 is 0 Å². The van der Waals surface area contributed by atoms with E-state index in [1.165, 1.54) is 0 Å². The number of aromatic nitrogens is 1. The lowest BCUT2D eigenvalue weighted by molar-refractivity contribution is 0.911. The second kappa shape index (κ2) is 6.25. The molecule has 1 aromatic heterocycles. The summed E-state index contributed by atoms with van der Waals surface area (Å²) in [5.41, 5.74) is 1.97. The van der Waals surface area contributed by atoms with Crippen LogP contribution in [0.15, 0.2) is 41.1 Å². The summed E-state index contributed by atoms with van der Waals surface area (Å²) >= 11 is 21.9. The van der Waals surface area contributed by atoms with Gasteiger partial charge in [0.2, 0.25) is 0 Å². The quantitative estimate of drug-likeness (QED) is 0.638. The minimum atomic E-state index is -0.170. The molecule has 1 nitrogen and oxygen atoms in total. The standard InChI is InChI=1S/C13H9BrCl3N/c14-11-6-9(15)1-2-10(11)12(16)5-8-3-4-18-7-13(8)17/h1-4,6-7,12H,5H2. The van der Waals surface area contributed by atoms with E-state index in [9.17, 15) is 0 Å². The van der Waals surface area contributed by atoms with Gasteiger partial charge in [-0.05, 0) is 35.7 Å². The Morgan fingerprint density at radius 1 is 1.22 bits per heavy atom. The van der Waals surface area contributed by atoms with Crippen LogP contribution in [0.3, 0.4) is 0 Å². The molecule has 0 saturated heterocycles. The molecule has 1 atom stereocenters. The Labute approximate surface area is 129 Å². The molecule has 0 aliphatic carbocycles. The molecular formula is C13H9BrCl3N. The lowest BCUT2D eigenvalue weighted by Gasteiger charge is -2.13. The highest BCUT2D eigenvalue weighted by Crippen LogP contribution is 2.33. The predicted octanol–water partition coefficient (Wildman–Crippen LogP) is 5.67. The van der Waals surface area contributed by atoms with E-state index >= 15 is 0 Å². The van der Waals surface area contributed by atoms with E-state index in [2.05, 4.69) is 20.9 Å². The van der Waals surface area contributed by atoms with E-state index in [0.29, 0.717) is 16.5 Å². The molecule has 0 spiro atoms. The molecule has 94 valence electrons. The molecule has 0 bridgehead atoms. The van der Waals surface area contributed by atoms with E-state index in [4.69, 9.17) is 34.8 Å². The van der Waals surface area contributed by atoms with Crippen molar-refractivity contribution in [1.29, 1.82) is 0 Å². The monoisotopic (exact) mass is 363 g/mol. The van der Waals surface area contributed by atoms with Crippen molar-refractivity contribution in [2.75, 3.05) is 0 Å². The van der Waals surface area contributed by atoms with Crippen LogP contribution in [0.25, 0.3) is 0 Å². The number of halogens is 4. The average Bonchev–Trinajstić information content (AvgIpc) is 2.32. The van der Waals surface area contributed by atoms with Crippen LogP contribution in [0.4, 0.5) is 0 Å². The van der Waals surface area contributed by atoms with E-state index in [-0.39, 0.29) is 5.38 Å². The number of rotatable bonds is 3. The molecular weight excluding hydrogens is 356 g/mol. The fourth-order valence-corrected chi connectivity index (χ4v) is 3.27. The summed E-state index contributed by atoms with van der Waals surface area (Å²) in [6.45, 7) is 0. The summed E-state index contributed by atoms with van der Waals surface area (Å²) in [4.78, 5) is 3.95. The SMILES string of the molecule is Clc1ccc(C(Cl)Cc2ccncc2Cl)c(Br)c1. The van der Waals surface area contributed by atoms with E-state index in [1.54, 1.807) is 12.4 Å². The first kappa shape index (κ1) is 14.1. The lowest BCUT2D eigenvalue weighted by atomic mass is 10.0. The second-order valence-electron chi connectivity index (χ2n) is 3.80. The summed E-state index contributed by atoms with van der Waals surface area (Å²) in [5, 5.41) is 1.14. The highest BCUT2D eigenvalue weighted by atomic mass is 79.9. The Balaban J connectivity index is 2.22. The smallest absolute Gasteiger partial charge is 0.0637 e. The van der Waals surface area contributed by atoms with Crippen LogP contribution in [-0.2, 0) is 6.42 Å². The Bertz CT molecular complexity index is 560. The normalized spacial score (nSPS) is 12.4. The van der Waals surface area contributed by atoms with Gasteiger partial charge in [0.25, 0.3) is 0 Å². The van der Waals surface area contributed by atoms with Gasteiger partial charge in [-0.1, -0.05) is 45.2 Å². The van der Waals surface area contributed by atoms with Gasteiger partial charge in [0.15, 0.2) is 0 Å². The molecule has 0 radical (unpaired) electrons. The summed E-state index contributed by atoms with van der Waals surface area (Å²) < 4.78 is 0.903. The minimum absolute atomic E-state index is 0.170. The van der Waals surface area contributed by atoms with Gasteiger partial charge in [0.1, 0.15) is 0 Å². The maximum atomic E-state index is 6.42. The van der Waals surface area contributed by atoms with Crippen LogP contribution in [0.2, 0.25) is 10.0 Å². The van der Waals surface area contributed by atoms with Crippen LogP contribution in [0, 0.1) is 0 Å². The van der Waals surface area contributed by atoms with Gasteiger partial charge >= 0.3 is 0 Å². The minimum Gasteiger partial charge on any atom is -0.263 e. The maximum absolute atomic E-state index is 6.42. The number of alkyl halides is 1. The molecule has 0 aliphatic rings. The summed E-state index contributed by atoms with van der Waals surface area (Å²) in [5.74, 6) is 0. The number of pyridine rings is 1. The van der Waals surface area contributed by atoms with Crippen molar-refractivity contribution >= 4 is 50.7 Å². The Hall–Kier alpha value is -0.280. The molecule has 5 heteroatoms. The molecule has 1 aromatic carbocycles. The van der Waals surface area contributed by atoms with Crippen molar-refractivity contribution in [3.8, 4) is 0 Å². The van der Waals surface area contributed by atoms with Crippen molar-refractivity contribution in [3.05, 3.63) is 62.3 Å². The van der Waals surface area contributed by atoms with Gasteiger partial charge in [-0.2, -0.15) is 0 Å². The topological polar surface area (TPSA) is 12.9 Å². The third-order valence-electron chi connectivity index (χ3n) is 2.56. The molecule has 0 fully saturated rings. The fraction of sp³-hybridized carbons (Fsp3) is 0.154. The summed E-state index contributed by atoms with van der Waals surface area (Å²) in [6.07, 6.45) is 3.97. The highest BCUT2D eigenvalue weighted by Gasteiger charge is 2.14. The van der Waals surface area contributed by atoms with Gasteiger partial charge in [-0.15, -0.1) is 11.6 Å². The third kappa shape index (κ3) is 3.39. The second-order valence-corrected chi connectivity index (χ2v) is 6.03. The number of hydrogen-bond donors (Lipinski definition) is 0. The van der Waals surface area contributed by atoms with Crippen molar-refractivity contribution < 1.29 is 0 Å². The molecule has 2 aromatic rings. The predicted molar refractivity (Wildman–Crippen MR) is 80.7 cm³/mol. The molecule has 1 heterocycles. The molecule has 2 rings (SSSR count). The van der Waals surface area contributed by atoms with Crippen molar-refractivity contribution in [2.45, 2.75) is 11.8 Å². The van der Waals surface area contributed by atoms with E-state index in [0.717, 1.165) is 15.6 Å². The van der Waals surface area contributed by atoms with Crippen LogP contribution in [-0.4, -0.2) is 4.98 Å². The zero-order valence-electron chi connectivity index (χ0n) is 9.21.